The maximum Gasteiger partial charge on any atom is 0.254 e. The third-order valence-electron chi connectivity index (χ3n) is 6.19. The Morgan fingerprint density at radius 3 is 2.47 bits per heavy atom. The van der Waals surface area contributed by atoms with Gasteiger partial charge in [-0.15, -0.1) is 0 Å². The van der Waals surface area contributed by atoms with Crippen molar-refractivity contribution < 1.29 is 19.0 Å². The molecular formula is C28H28N2O4. The molecule has 1 aromatic heterocycles. The van der Waals surface area contributed by atoms with Gasteiger partial charge in [0.25, 0.3) is 5.91 Å². The van der Waals surface area contributed by atoms with E-state index in [1.807, 2.05) is 41.3 Å². The van der Waals surface area contributed by atoms with E-state index in [1.165, 1.54) is 6.42 Å². The quantitative estimate of drug-likeness (QED) is 0.426. The minimum Gasteiger partial charge on any atom is -0.493 e. The zero-order valence-electron chi connectivity index (χ0n) is 19.1. The van der Waals surface area contributed by atoms with Crippen LogP contribution >= 0.6 is 0 Å². The molecule has 0 fully saturated rings. The summed E-state index contributed by atoms with van der Waals surface area (Å²) < 4.78 is 16.9. The molecule has 174 valence electrons. The standard InChI is InChI=1S/C28H28N2O4/c31-28(24-8-11-26-27(16-24)34-20-33-26)30(18-22-12-14-29-15-13-22)17-21-6-9-25(10-7-21)32-19-23-4-2-1-3-5-23/h1-2,6-16,23H,3-5,17-20H2/t23-/m0/s1. The molecule has 0 N–H and O–H groups in total. The van der Waals surface area contributed by atoms with Gasteiger partial charge in [0, 0.05) is 31.0 Å². The number of pyridine rings is 1. The molecule has 2 aromatic carbocycles. The number of hydrogen-bond donors (Lipinski definition) is 0. The van der Waals surface area contributed by atoms with Gasteiger partial charge in [0.15, 0.2) is 11.5 Å². The lowest BCUT2D eigenvalue weighted by Crippen LogP contribution is -2.30. The molecule has 6 heteroatoms. The Bertz CT molecular complexity index is 1140. The minimum atomic E-state index is -0.0687. The number of fused-ring (bicyclic) bond motifs is 1. The van der Waals surface area contributed by atoms with E-state index in [-0.39, 0.29) is 12.7 Å². The first-order chi connectivity index (χ1) is 16.7. The van der Waals surface area contributed by atoms with Crippen LogP contribution in [0.5, 0.6) is 17.2 Å². The Morgan fingerprint density at radius 1 is 0.941 bits per heavy atom. The van der Waals surface area contributed by atoms with Crippen molar-refractivity contribution in [1.29, 1.82) is 0 Å². The van der Waals surface area contributed by atoms with Crippen molar-refractivity contribution in [3.8, 4) is 17.2 Å². The normalized spacial score (nSPS) is 16.3. The third kappa shape index (κ3) is 5.39. The van der Waals surface area contributed by atoms with Crippen LogP contribution in [0.3, 0.4) is 0 Å². The zero-order chi connectivity index (χ0) is 23.2. The van der Waals surface area contributed by atoms with Gasteiger partial charge in [0.1, 0.15) is 5.75 Å². The average molecular weight is 457 g/mol. The molecule has 3 aromatic rings. The van der Waals surface area contributed by atoms with E-state index >= 15 is 0 Å². The highest BCUT2D eigenvalue weighted by molar-refractivity contribution is 5.95. The summed E-state index contributed by atoms with van der Waals surface area (Å²) in [6.07, 6.45) is 11.4. The number of benzene rings is 2. The van der Waals surface area contributed by atoms with Crippen molar-refractivity contribution >= 4 is 5.91 Å². The highest BCUT2D eigenvalue weighted by Crippen LogP contribution is 2.33. The van der Waals surface area contributed by atoms with Gasteiger partial charge in [-0.2, -0.15) is 0 Å². The fourth-order valence-corrected chi connectivity index (χ4v) is 4.25. The predicted octanol–water partition coefficient (Wildman–Crippen LogP) is 5.39. The van der Waals surface area contributed by atoms with E-state index in [2.05, 4.69) is 17.1 Å². The maximum absolute atomic E-state index is 13.5. The Hall–Kier alpha value is -3.80. The van der Waals surface area contributed by atoms with Crippen molar-refractivity contribution in [2.45, 2.75) is 32.4 Å². The summed E-state index contributed by atoms with van der Waals surface area (Å²) >= 11 is 0. The zero-order valence-corrected chi connectivity index (χ0v) is 19.1. The summed E-state index contributed by atoms with van der Waals surface area (Å²) in [5.74, 6) is 2.64. The number of ether oxygens (including phenoxy) is 3. The van der Waals surface area contributed by atoms with E-state index < -0.39 is 0 Å². The molecule has 1 aliphatic heterocycles. The van der Waals surface area contributed by atoms with Crippen LogP contribution in [0, 0.1) is 5.92 Å². The molecule has 2 heterocycles. The lowest BCUT2D eigenvalue weighted by atomic mass is 9.95. The Labute approximate surface area is 199 Å². The molecule has 0 saturated carbocycles. The van der Waals surface area contributed by atoms with Crippen LogP contribution in [0.15, 0.2) is 79.1 Å². The first kappa shape index (κ1) is 22.0. The van der Waals surface area contributed by atoms with E-state index in [0.717, 1.165) is 36.3 Å². The van der Waals surface area contributed by atoms with E-state index in [9.17, 15) is 4.79 Å². The molecular weight excluding hydrogens is 428 g/mol. The second kappa shape index (κ2) is 10.4. The largest absolute Gasteiger partial charge is 0.493 e. The summed E-state index contributed by atoms with van der Waals surface area (Å²) in [5, 5.41) is 0. The van der Waals surface area contributed by atoms with Gasteiger partial charge in [-0.1, -0.05) is 24.3 Å². The fraction of sp³-hybridized carbons (Fsp3) is 0.286. The van der Waals surface area contributed by atoms with Gasteiger partial charge in [-0.25, -0.2) is 0 Å². The van der Waals surface area contributed by atoms with Crippen LogP contribution in [0.25, 0.3) is 0 Å². The van der Waals surface area contributed by atoms with Crippen molar-refractivity contribution in [1.82, 2.24) is 9.88 Å². The lowest BCUT2D eigenvalue weighted by molar-refractivity contribution is 0.0729. The van der Waals surface area contributed by atoms with Crippen LogP contribution < -0.4 is 14.2 Å². The highest BCUT2D eigenvalue weighted by Gasteiger charge is 2.21. The summed E-state index contributed by atoms with van der Waals surface area (Å²) in [7, 11) is 0. The molecule has 34 heavy (non-hydrogen) atoms. The SMILES string of the molecule is O=C(c1ccc2c(c1)OCO2)N(Cc1ccncc1)Cc1ccc(OC[C@H]2CC=CCC2)cc1. The Morgan fingerprint density at radius 2 is 1.71 bits per heavy atom. The molecule has 6 nitrogen and oxygen atoms in total. The molecule has 1 atom stereocenters. The molecule has 5 rings (SSSR count). The van der Waals surface area contributed by atoms with Crippen LogP contribution in [0.2, 0.25) is 0 Å². The van der Waals surface area contributed by atoms with Gasteiger partial charge < -0.3 is 19.1 Å². The van der Waals surface area contributed by atoms with Gasteiger partial charge >= 0.3 is 0 Å². The van der Waals surface area contributed by atoms with Gasteiger partial charge in [0.05, 0.1) is 6.61 Å². The molecule has 1 aliphatic carbocycles. The first-order valence-electron chi connectivity index (χ1n) is 11.7. The molecule has 0 bridgehead atoms. The Kier molecular flexibility index (Phi) is 6.75. The van der Waals surface area contributed by atoms with Crippen LogP contribution in [-0.4, -0.2) is 29.2 Å². The average Bonchev–Trinajstić information content (AvgIpc) is 3.37. The number of allylic oxidation sites excluding steroid dienone is 2. The lowest BCUT2D eigenvalue weighted by Gasteiger charge is -2.23. The number of rotatable bonds is 8. The summed E-state index contributed by atoms with van der Waals surface area (Å²) in [4.78, 5) is 19.4. The monoisotopic (exact) mass is 456 g/mol. The van der Waals surface area contributed by atoms with Gasteiger partial charge in [0.2, 0.25) is 6.79 Å². The van der Waals surface area contributed by atoms with E-state index in [4.69, 9.17) is 14.2 Å². The van der Waals surface area contributed by atoms with Crippen molar-refractivity contribution in [2.24, 2.45) is 5.92 Å². The number of carbonyl (C=O) groups is 1. The van der Waals surface area contributed by atoms with Crippen LogP contribution in [0.1, 0.15) is 40.7 Å². The van der Waals surface area contributed by atoms with Crippen molar-refractivity contribution in [3.05, 3.63) is 95.8 Å². The summed E-state index contributed by atoms with van der Waals surface area (Å²) in [6, 6.07) is 17.2. The fourth-order valence-electron chi connectivity index (χ4n) is 4.25. The molecule has 2 aliphatic rings. The maximum atomic E-state index is 13.5. The van der Waals surface area contributed by atoms with Gasteiger partial charge in [-0.3, -0.25) is 9.78 Å². The molecule has 0 unspecified atom stereocenters. The van der Waals surface area contributed by atoms with Crippen molar-refractivity contribution in [3.63, 3.8) is 0 Å². The number of nitrogens with zero attached hydrogens (tertiary/aromatic N) is 2. The first-order valence-corrected chi connectivity index (χ1v) is 11.7. The minimum absolute atomic E-state index is 0.0687. The Balaban J connectivity index is 1.29. The summed E-state index contributed by atoms with van der Waals surface area (Å²) in [6.45, 7) is 1.87. The molecule has 0 saturated heterocycles. The number of amides is 1. The molecule has 1 amide bonds. The highest BCUT2D eigenvalue weighted by atomic mass is 16.7. The van der Waals surface area contributed by atoms with E-state index in [1.54, 1.807) is 30.6 Å². The molecule has 0 spiro atoms. The van der Waals surface area contributed by atoms with Crippen LogP contribution in [-0.2, 0) is 13.1 Å². The number of carbonyl (C=O) groups excluding carboxylic acids is 1. The smallest absolute Gasteiger partial charge is 0.254 e. The topological polar surface area (TPSA) is 60.9 Å². The second-order valence-corrected chi connectivity index (χ2v) is 8.69. The second-order valence-electron chi connectivity index (χ2n) is 8.69. The van der Waals surface area contributed by atoms with Gasteiger partial charge in [-0.05, 0) is 78.8 Å². The molecule has 0 radical (unpaired) electrons. The predicted molar refractivity (Wildman–Crippen MR) is 129 cm³/mol. The van der Waals surface area contributed by atoms with Crippen LogP contribution in [0.4, 0.5) is 0 Å². The van der Waals surface area contributed by atoms with E-state index in [0.29, 0.717) is 36.1 Å². The third-order valence-corrected chi connectivity index (χ3v) is 6.19. The summed E-state index contributed by atoms with van der Waals surface area (Å²) in [5.41, 5.74) is 2.63. The van der Waals surface area contributed by atoms with Crippen molar-refractivity contribution in [2.75, 3.05) is 13.4 Å². The number of hydrogen-bond acceptors (Lipinski definition) is 5. The number of aromatic nitrogens is 1.